The van der Waals surface area contributed by atoms with Crippen molar-refractivity contribution in [2.75, 3.05) is 13.1 Å². The standard InChI is InChI=1S/C15H17N3O/c1-17-11-14(10-16-17)12-4-6-13(7-5-12)15(19)18-8-2-3-9-18/h4-7,10-11H,2-3,8-9H2,1H3. The molecule has 1 saturated heterocycles. The van der Waals surface area contributed by atoms with Crippen LogP contribution in [0.3, 0.4) is 0 Å². The predicted octanol–water partition coefficient (Wildman–Crippen LogP) is 2.32. The van der Waals surface area contributed by atoms with Gasteiger partial charge < -0.3 is 4.90 Å². The largest absolute Gasteiger partial charge is 0.339 e. The smallest absolute Gasteiger partial charge is 0.253 e. The van der Waals surface area contributed by atoms with Crippen LogP contribution in [0.25, 0.3) is 11.1 Å². The normalized spacial score (nSPS) is 14.9. The third-order valence-corrected chi connectivity index (χ3v) is 3.56. The van der Waals surface area contributed by atoms with Crippen LogP contribution in [0.5, 0.6) is 0 Å². The lowest BCUT2D eigenvalue weighted by atomic mass is 10.1. The number of amides is 1. The maximum Gasteiger partial charge on any atom is 0.253 e. The zero-order valence-electron chi connectivity index (χ0n) is 11.0. The molecule has 4 heteroatoms. The second-order valence-corrected chi connectivity index (χ2v) is 4.98. The van der Waals surface area contributed by atoms with Crippen LogP contribution in [0, 0.1) is 0 Å². The van der Waals surface area contributed by atoms with Gasteiger partial charge in [-0.1, -0.05) is 12.1 Å². The van der Waals surface area contributed by atoms with Crippen molar-refractivity contribution in [2.45, 2.75) is 12.8 Å². The number of benzene rings is 1. The third-order valence-electron chi connectivity index (χ3n) is 3.56. The fourth-order valence-corrected chi connectivity index (χ4v) is 2.48. The number of aromatic nitrogens is 2. The van der Waals surface area contributed by atoms with Crippen molar-refractivity contribution in [3.05, 3.63) is 42.2 Å². The summed E-state index contributed by atoms with van der Waals surface area (Å²) in [6, 6.07) is 7.78. The Kier molecular flexibility index (Phi) is 3.07. The van der Waals surface area contributed by atoms with Crippen LogP contribution in [0.2, 0.25) is 0 Å². The van der Waals surface area contributed by atoms with Gasteiger partial charge in [0.25, 0.3) is 5.91 Å². The molecule has 2 aromatic rings. The Bertz CT molecular complexity index is 580. The highest BCUT2D eigenvalue weighted by atomic mass is 16.2. The molecule has 0 saturated carbocycles. The van der Waals surface area contributed by atoms with Crippen LogP contribution in [-0.2, 0) is 7.05 Å². The van der Waals surface area contributed by atoms with Crippen LogP contribution in [0.1, 0.15) is 23.2 Å². The highest BCUT2D eigenvalue weighted by Crippen LogP contribution is 2.20. The lowest BCUT2D eigenvalue weighted by molar-refractivity contribution is 0.0793. The summed E-state index contributed by atoms with van der Waals surface area (Å²) in [6.45, 7) is 1.78. The Balaban J connectivity index is 1.80. The molecule has 0 N–H and O–H groups in total. The topological polar surface area (TPSA) is 38.1 Å². The maximum absolute atomic E-state index is 12.2. The number of likely N-dealkylation sites (tertiary alicyclic amines) is 1. The zero-order valence-corrected chi connectivity index (χ0v) is 11.0. The van der Waals surface area contributed by atoms with E-state index in [1.165, 1.54) is 0 Å². The van der Waals surface area contributed by atoms with Gasteiger partial charge in [-0.05, 0) is 30.5 Å². The fraction of sp³-hybridized carbons (Fsp3) is 0.333. The molecule has 3 rings (SSSR count). The molecule has 0 unspecified atom stereocenters. The van der Waals surface area contributed by atoms with E-state index in [1.807, 2.05) is 48.6 Å². The molecule has 1 amide bonds. The molecular formula is C15H17N3O. The Labute approximate surface area is 112 Å². The van der Waals surface area contributed by atoms with Gasteiger partial charge in [0.2, 0.25) is 0 Å². The van der Waals surface area contributed by atoms with Crippen molar-refractivity contribution in [3.8, 4) is 11.1 Å². The van der Waals surface area contributed by atoms with E-state index in [4.69, 9.17) is 0 Å². The number of carbonyl (C=O) groups excluding carboxylic acids is 1. The first kappa shape index (κ1) is 12.0. The number of hydrogen-bond acceptors (Lipinski definition) is 2. The first-order chi connectivity index (χ1) is 9.24. The van der Waals surface area contributed by atoms with E-state index in [-0.39, 0.29) is 5.91 Å². The molecule has 0 spiro atoms. The van der Waals surface area contributed by atoms with Crippen molar-refractivity contribution in [1.29, 1.82) is 0 Å². The van der Waals surface area contributed by atoms with Gasteiger partial charge in [-0.3, -0.25) is 9.48 Å². The molecule has 19 heavy (non-hydrogen) atoms. The van der Waals surface area contributed by atoms with Gasteiger partial charge in [-0.2, -0.15) is 5.10 Å². The molecule has 0 radical (unpaired) electrons. The maximum atomic E-state index is 12.2. The quantitative estimate of drug-likeness (QED) is 0.826. The van der Waals surface area contributed by atoms with Crippen LogP contribution < -0.4 is 0 Å². The second-order valence-electron chi connectivity index (χ2n) is 4.98. The Morgan fingerprint density at radius 1 is 1.11 bits per heavy atom. The zero-order chi connectivity index (χ0) is 13.2. The Morgan fingerprint density at radius 2 is 1.79 bits per heavy atom. The van der Waals surface area contributed by atoms with Crippen molar-refractivity contribution >= 4 is 5.91 Å². The van der Waals surface area contributed by atoms with Crippen LogP contribution in [0.4, 0.5) is 0 Å². The van der Waals surface area contributed by atoms with E-state index in [0.29, 0.717) is 0 Å². The van der Waals surface area contributed by atoms with E-state index in [2.05, 4.69) is 5.10 Å². The lowest BCUT2D eigenvalue weighted by Gasteiger charge is -2.15. The molecule has 1 aromatic carbocycles. The van der Waals surface area contributed by atoms with Gasteiger partial charge in [0, 0.05) is 37.5 Å². The average Bonchev–Trinajstić information content (AvgIpc) is 3.09. The highest BCUT2D eigenvalue weighted by molar-refractivity contribution is 5.94. The van der Waals surface area contributed by atoms with Crippen LogP contribution in [-0.4, -0.2) is 33.7 Å². The van der Waals surface area contributed by atoms with Gasteiger partial charge in [0.05, 0.1) is 6.20 Å². The summed E-state index contributed by atoms with van der Waals surface area (Å²) < 4.78 is 1.78. The third kappa shape index (κ3) is 2.38. The molecule has 1 aliphatic rings. The van der Waals surface area contributed by atoms with Gasteiger partial charge in [-0.25, -0.2) is 0 Å². The molecule has 1 aliphatic heterocycles. The Morgan fingerprint density at radius 3 is 2.37 bits per heavy atom. The highest BCUT2D eigenvalue weighted by Gasteiger charge is 2.19. The Hall–Kier alpha value is -2.10. The van der Waals surface area contributed by atoms with E-state index < -0.39 is 0 Å². The van der Waals surface area contributed by atoms with Crippen molar-refractivity contribution < 1.29 is 4.79 Å². The predicted molar refractivity (Wildman–Crippen MR) is 73.8 cm³/mol. The molecule has 98 valence electrons. The minimum absolute atomic E-state index is 0.148. The number of nitrogens with zero attached hydrogens (tertiary/aromatic N) is 3. The summed E-state index contributed by atoms with van der Waals surface area (Å²) in [7, 11) is 1.90. The molecule has 0 atom stereocenters. The molecule has 2 heterocycles. The number of hydrogen-bond donors (Lipinski definition) is 0. The van der Waals surface area contributed by atoms with Crippen molar-refractivity contribution in [2.24, 2.45) is 7.05 Å². The van der Waals surface area contributed by atoms with Crippen LogP contribution in [0.15, 0.2) is 36.7 Å². The summed E-state index contributed by atoms with van der Waals surface area (Å²) >= 11 is 0. The van der Waals surface area contributed by atoms with Gasteiger partial charge in [0.15, 0.2) is 0 Å². The molecule has 0 aliphatic carbocycles. The number of carbonyl (C=O) groups is 1. The van der Waals surface area contributed by atoms with Gasteiger partial charge in [0.1, 0.15) is 0 Å². The molecule has 0 bridgehead atoms. The number of aryl methyl sites for hydroxylation is 1. The fourth-order valence-electron chi connectivity index (χ4n) is 2.48. The first-order valence-electron chi connectivity index (χ1n) is 6.62. The van der Waals surface area contributed by atoms with Gasteiger partial charge in [-0.15, -0.1) is 0 Å². The molecule has 4 nitrogen and oxygen atoms in total. The SMILES string of the molecule is Cn1cc(-c2ccc(C(=O)N3CCCC3)cc2)cn1. The minimum Gasteiger partial charge on any atom is -0.339 e. The number of rotatable bonds is 2. The molecule has 1 aromatic heterocycles. The van der Waals surface area contributed by atoms with E-state index in [1.54, 1.807) is 4.68 Å². The van der Waals surface area contributed by atoms with E-state index in [0.717, 1.165) is 42.6 Å². The summed E-state index contributed by atoms with van der Waals surface area (Å²) in [6.07, 6.45) is 6.05. The molecular weight excluding hydrogens is 238 g/mol. The van der Waals surface area contributed by atoms with E-state index in [9.17, 15) is 4.79 Å². The monoisotopic (exact) mass is 255 g/mol. The summed E-state index contributed by atoms with van der Waals surface area (Å²) in [4.78, 5) is 14.1. The van der Waals surface area contributed by atoms with Crippen LogP contribution >= 0.6 is 0 Å². The summed E-state index contributed by atoms with van der Waals surface area (Å²) in [5.41, 5.74) is 2.93. The average molecular weight is 255 g/mol. The minimum atomic E-state index is 0.148. The molecule has 1 fully saturated rings. The lowest BCUT2D eigenvalue weighted by Crippen LogP contribution is -2.27. The summed E-state index contributed by atoms with van der Waals surface area (Å²) in [5, 5.41) is 4.16. The van der Waals surface area contributed by atoms with Gasteiger partial charge >= 0.3 is 0 Å². The second kappa shape index (κ2) is 4.88. The first-order valence-corrected chi connectivity index (χ1v) is 6.62. The summed E-state index contributed by atoms with van der Waals surface area (Å²) in [5.74, 6) is 0.148. The van der Waals surface area contributed by atoms with Crippen molar-refractivity contribution in [1.82, 2.24) is 14.7 Å². The van der Waals surface area contributed by atoms with Crippen molar-refractivity contribution in [3.63, 3.8) is 0 Å². The van der Waals surface area contributed by atoms with E-state index >= 15 is 0 Å².